The Hall–Kier alpha value is -3.32. The molecule has 1 aliphatic rings. The summed E-state index contributed by atoms with van der Waals surface area (Å²) >= 11 is 0. The molecule has 1 atom stereocenters. The van der Waals surface area contributed by atoms with Gasteiger partial charge in [-0.15, -0.1) is 0 Å². The monoisotopic (exact) mass is 466 g/mol. The largest absolute Gasteiger partial charge is 0.507 e. The molecule has 0 radical (unpaired) electrons. The fourth-order valence-corrected chi connectivity index (χ4v) is 3.95. The van der Waals surface area contributed by atoms with Gasteiger partial charge in [0, 0.05) is 24.2 Å². The molecule has 1 aliphatic heterocycles. The topological polar surface area (TPSA) is 79.3 Å². The van der Waals surface area contributed by atoms with Crippen molar-refractivity contribution < 1.29 is 24.2 Å². The molecule has 2 aromatic rings. The lowest BCUT2D eigenvalue weighted by atomic mass is 9.94. The minimum Gasteiger partial charge on any atom is -0.507 e. The fourth-order valence-electron chi connectivity index (χ4n) is 3.95. The maximum atomic E-state index is 13.3. The fraction of sp³-hybridized carbons (Fsp3) is 0.407. The zero-order valence-corrected chi connectivity index (χ0v) is 20.7. The summed E-state index contributed by atoms with van der Waals surface area (Å²) in [4.78, 5) is 29.9. The Kier molecular flexibility index (Phi) is 7.99. The SMILES string of the molecule is CC(C)Oc1cccc(/C(O)=C2/C(=O)C(=O)N(CCN(C)C)C2c2ccccc2OC(C)C)c1. The summed E-state index contributed by atoms with van der Waals surface area (Å²) in [5.41, 5.74) is 1.12. The zero-order valence-electron chi connectivity index (χ0n) is 20.7. The van der Waals surface area contributed by atoms with Crippen LogP contribution in [-0.4, -0.2) is 66.0 Å². The van der Waals surface area contributed by atoms with Crippen LogP contribution in [0.5, 0.6) is 11.5 Å². The summed E-state index contributed by atoms with van der Waals surface area (Å²) < 4.78 is 11.8. The number of likely N-dealkylation sites (tertiary alicyclic amines) is 1. The molecule has 1 saturated heterocycles. The molecular formula is C27H34N2O5. The molecule has 1 unspecified atom stereocenters. The maximum Gasteiger partial charge on any atom is 0.295 e. The number of nitrogens with zero attached hydrogens (tertiary/aromatic N) is 2. The number of carbonyl (C=O) groups is 2. The number of likely N-dealkylation sites (N-methyl/N-ethyl adjacent to an activating group) is 1. The van der Waals surface area contributed by atoms with Crippen molar-refractivity contribution in [3.63, 3.8) is 0 Å². The summed E-state index contributed by atoms with van der Waals surface area (Å²) in [6.45, 7) is 8.54. The van der Waals surface area contributed by atoms with Gasteiger partial charge in [-0.05, 0) is 60.0 Å². The second-order valence-electron chi connectivity index (χ2n) is 9.19. The molecule has 0 saturated carbocycles. The van der Waals surface area contributed by atoms with Crippen LogP contribution in [0.4, 0.5) is 0 Å². The van der Waals surface area contributed by atoms with Gasteiger partial charge in [0.15, 0.2) is 0 Å². The van der Waals surface area contributed by atoms with Gasteiger partial charge in [0.2, 0.25) is 0 Å². The van der Waals surface area contributed by atoms with Gasteiger partial charge in [-0.1, -0.05) is 30.3 Å². The molecular weight excluding hydrogens is 432 g/mol. The van der Waals surface area contributed by atoms with E-state index in [2.05, 4.69) is 0 Å². The summed E-state index contributed by atoms with van der Waals surface area (Å²) in [6.07, 6.45) is -0.149. The molecule has 1 amide bonds. The Balaban J connectivity index is 2.18. The Morgan fingerprint density at radius 3 is 2.32 bits per heavy atom. The van der Waals surface area contributed by atoms with Crippen LogP contribution < -0.4 is 9.47 Å². The number of aliphatic hydroxyl groups is 1. The van der Waals surface area contributed by atoms with Crippen LogP contribution in [0.3, 0.4) is 0 Å². The van der Waals surface area contributed by atoms with Crippen molar-refractivity contribution in [1.29, 1.82) is 0 Å². The van der Waals surface area contributed by atoms with Gasteiger partial charge in [-0.2, -0.15) is 0 Å². The highest BCUT2D eigenvalue weighted by Crippen LogP contribution is 2.43. The van der Waals surface area contributed by atoms with Crippen molar-refractivity contribution >= 4 is 17.4 Å². The first-order chi connectivity index (χ1) is 16.1. The minimum atomic E-state index is -0.774. The Bertz CT molecular complexity index is 1070. The average Bonchev–Trinajstić information content (AvgIpc) is 3.01. The number of benzene rings is 2. The second-order valence-corrected chi connectivity index (χ2v) is 9.19. The van der Waals surface area contributed by atoms with Crippen LogP contribution in [0, 0.1) is 0 Å². The lowest BCUT2D eigenvalue weighted by molar-refractivity contribution is -0.140. The maximum absolute atomic E-state index is 13.3. The van der Waals surface area contributed by atoms with Crippen molar-refractivity contribution in [2.24, 2.45) is 0 Å². The minimum absolute atomic E-state index is 0.0465. The second kappa shape index (κ2) is 10.7. The lowest BCUT2D eigenvalue weighted by Gasteiger charge is -2.28. The normalized spacial score (nSPS) is 17.8. The van der Waals surface area contributed by atoms with E-state index in [-0.39, 0.29) is 23.5 Å². The van der Waals surface area contributed by atoms with Gasteiger partial charge >= 0.3 is 0 Å². The molecule has 0 aliphatic carbocycles. The number of rotatable bonds is 9. The molecule has 1 heterocycles. The van der Waals surface area contributed by atoms with Crippen molar-refractivity contribution in [1.82, 2.24) is 9.80 Å². The Labute approximate surface area is 201 Å². The number of hydrogen-bond donors (Lipinski definition) is 1. The predicted octanol–water partition coefficient (Wildman–Crippen LogP) is 4.24. The van der Waals surface area contributed by atoms with E-state index in [1.54, 1.807) is 24.3 Å². The van der Waals surface area contributed by atoms with Crippen LogP contribution in [0.15, 0.2) is 54.1 Å². The van der Waals surface area contributed by atoms with E-state index >= 15 is 0 Å². The van der Waals surface area contributed by atoms with Crippen LogP contribution in [0.2, 0.25) is 0 Å². The molecule has 1 N–H and O–H groups in total. The first kappa shape index (κ1) is 25.3. The van der Waals surface area contributed by atoms with Gasteiger partial charge in [0.05, 0.1) is 23.8 Å². The van der Waals surface area contributed by atoms with Gasteiger partial charge < -0.3 is 24.4 Å². The van der Waals surface area contributed by atoms with Crippen molar-refractivity contribution in [3.05, 3.63) is 65.2 Å². The molecule has 7 nitrogen and oxygen atoms in total. The van der Waals surface area contributed by atoms with Crippen LogP contribution >= 0.6 is 0 Å². The third-order valence-electron chi connectivity index (χ3n) is 5.38. The van der Waals surface area contributed by atoms with E-state index in [0.717, 1.165) is 0 Å². The highest BCUT2D eigenvalue weighted by molar-refractivity contribution is 6.46. The third kappa shape index (κ3) is 5.59. The molecule has 7 heteroatoms. The molecule has 0 spiro atoms. The van der Waals surface area contributed by atoms with Crippen molar-refractivity contribution in [3.8, 4) is 11.5 Å². The number of ether oxygens (including phenoxy) is 2. The number of aliphatic hydroxyl groups excluding tert-OH is 1. The quantitative estimate of drug-likeness (QED) is 0.338. The van der Waals surface area contributed by atoms with Crippen LogP contribution in [-0.2, 0) is 9.59 Å². The van der Waals surface area contributed by atoms with E-state index < -0.39 is 17.7 Å². The number of amides is 1. The summed E-state index contributed by atoms with van der Waals surface area (Å²) in [6, 6.07) is 13.5. The average molecular weight is 467 g/mol. The van der Waals surface area contributed by atoms with E-state index in [1.807, 2.05) is 71.0 Å². The predicted molar refractivity (Wildman–Crippen MR) is 132 cm³/mol. The zero-order chi connectivity index (χ0) is 25.0. The first-order valence-corrected chi connectivity index (χ1v) is 11.6. The number of Topliss-reactive ketones (excluding diaryl/α,β-unsaturated/α-hetero) is 1. The highest BCUT2D eigenvalue weighted by atomic mass is 16.5. The number of carbonyl (C=O) groups excluding carboxylic acids is 2. The molecule has 2 aromatic carbocycles. The van der Waals surface area contributed by atoms with Gasteiger partial charge in [-0.25, -0.2) is 0 Å². The van der Waals surface area contributed by atoms with Crippen LogP contribution in [0.25, 0.3) is 5.76 Å². The number of para-hydroxylation sites is 1. The Morgan fingerprint density at radius 2 is 1.68 bits per heavy atom. The summed E-state index contributed by atoms with van der Waals surface area (Å²) in [5.74, 6) is -0.439. The van der Waals surface area contributed by atoms with Gasteiger partial charge in [0.1, 0.15) is 17.3 Å². The molecule has 3 rings (SSSR count). The van der Waals surface area contributed by atoms with E-state index in [4.69, 9.17) is 9.47 Å². The van der Waals surface area contributed by atoms with E-state index in [1.165, 1.54) is 4.90 Å². The molecule has 182 valence electrons. The van der Waals surface area contributed by atoms with Crippen LogP contribution in [0.1, 0.15) is 44.9 Å². The smallest absolute Gasteiger partial charge is 0.295 e. The molecule has 1 fully saturated rings. The number of hydrogen-bond acceptors (Lipinski definition) is 6. The third-order valence-corrected chi connectivity index (χ3v) is 5.38. The van der Waals surface area contributed by atoms with Gasteiger partial charge in [0.25, 0.3) is 11.7 Å². The Morgan fingerprint density at radius 1 is 1.00 bits per heavy atom. The van der Waals surface area contributed by atoms with Crippen molar-refractivity contribution in [2.75, 3.05) is 27.2 Å². The molecule has 0 aromatic heterocycles. The summed E-state index contributed by atoms with van der Waals surface area (Å²) in [5, 5.41) is 11.3. The van der Waals surface area contributed by atoms with Gasteiger partial charge in [-0.3, -0.25) is 9.59 Å². The molecule has 0 bridgehead atoms. The van der Waals surface area contributed by atoms with E-state index in [9.17, 15) is 14.7 Å². The first-order valence-electron chi connectivity index (χ1n) is 11.6. The highest BCUT2D eigenvalue weighted by Gasteiger charge is 2.47. The molecule has 34 heavy (non-hydrogen) atoms. The van der Waals surface area contributed by atoms with Crippen molar-refractivity contribution in [2.45, 2.75) is 45.9 Å². The standard InChI is InChI=1S/C27H34N2O5/c1-17(2)33-20-11-9-10-19(16-20)25(30)23-24(21-12-7-8-13-22(21)34-18(3)4)29(15-14-28(5)6)27(32)26(23)31/h7-13,16-18,24,30H,14-15H2,1-6H3/b25-23-. The lowest BCUT2D eigenvalue weighted by Crippen LogP contribution is -2.35. The summed E-state index contributed by atoms with van der Waals surface area (Å²) in [7, 11) is 3.81. The van der Waals surface area contributed by atoms with E-state index in [0.29, 0.717) is 35.7 Å². The number of ketones is 1.